The van der Waals surface area contributed by atoms with Gasteiger partial charge in [0.25, 0.3) is 0 Å². The first-order valence-electron chi connectivity index (χ1n) is 15.0. The quantitative estimate of drug-likeness (QED) is 0.360. The van der Waals surface area contributed by atoms with Gasteiger partial charge in [0.15, 0.2) is 5.78 Å². The number of carbonyl (C=O) groups excluding carboxylic acids is 3. The number of rotatable bonds is 2. The molecule has 0 aromatic carbocycles. The van der Waals surface area contributed by atoms with Crippen LogP contribution in [0.5, 0.6) is 0 Å². The number of fused-ring (bicyclic) bond motifs is 7. The second kappa shape index (κ2) is 8.43. The van der Waals surface area contributed by atoms with Crippen LogP contribution in [0.15, 0.2) is 11.6 Å². The number of hydrogen-bond acceptors (Lipinski definition) is 5. The maximum atomic E-state index is 14.4. The normalized spacial score (nSPS) is 46.9. The Hall–Kier alpha value is -1.65. The van der Waals surface area contributed by atoms with Gasteiger partial charge in [-0.15, -0.1) is 0 Å². The fraction of sp³-hybridized carbons (Fsp3) is 0.848. The monoisotopic (exact) mass is 526 g/mol. The van der Waals surface area contributed by atoms with E-state index in [9.17, 15) is 14.4 Å². The fourth-order valence-electron chi connectivity index (χ4n) is 11.0. The molecule has 0 bridgehead atoms. The summed E-state index contributed by atoms with van der Waals surface area (Å²) in [6, 6.07) is 0. The lowest BCUT2D eigenvalue weighted by molar-refractivity contribution is -0.197. The summed E-state index contributed by atoms with van der Waals surface area (Å²) in [5.74, 6) is 0.120. The summed E-state index contributed by atoms with van der Waals surface area (Å²) in [5, 5.41) is 0. The van der Waals surface area contributed by atoms with Gasteiger partial charge in [-0.2, -0.15) is 0 Å². The highest BCUT2D eigenvalue weighted by molar-refractivity contribution is 5.96. The van der Waals surface area contributed by atoms with Crippen molar-refractivity contribution in [3.05, 3.63) is 11.6 Å². The van der Waals surface area contributed by atoms with Gasteiger partial charge in [-0.05, 0) is 97.4 Å². The molecule has 5 heteroatoms. The van der Waals surface area contributed by atoms with Gasteiger partial charge in [0.1, 0.15) is 6.10 Å². The zero-order valence-corrected chi connectivity index (χ0v) is 25.3. The molecule has 5 rings (SSSR count). The number of allylic oxidation sites excluding steroid dienone is 2. The van der Waals surface area contributed by atoms with Gasteiger partial charge in [-0.1, -0.05) is 54.0 Å². The molecule has 4 fully saturated rings. The van der Waals surface area contributed by atoms with Crippen molar-refractivity contribution in [3.63, 3.8) is 0 Å². The van der Waals surface area contributed by atoms with Gasteiger partial charge in [0, 0.05) is 18.3 Å². The Morgan fingerprint density at radius 2 is 1.55 bits per heavy atom. The molecule has 0 aromatic rings. The standard InChI is InChI=1S/C33H50O5/c1-20(34)38-25-11-12-30(6)23(29(25,4)5)10-13-31(7)24(30)18-22(35)26-21-19-28(2,3)14-16-33(21,27(36)37-9)17-15-32(26,31)8/h18,21,23,25-26H,10-17,19H2,1-9H3/t21-,23-,25-,26-,30+,31+,32-,33-/m0/s1. The molecule has 0 aromatic heterocycles. The largest absolute Gasteiger partial charge is 0.469 e. The Kier molecular flexibility index (Phi) is 6.19. The zero-order valence-electron chi connectivity index (χ0n) is 25.3. The van der Waals surface area contributed by atoms with Crippen LogP contribution in [0.2, 0.25) is 0 Å². The van der Waals surface area contributed by atoms with Crippen LogP contribution in [0.3, 0.4) is 0 Å². The second-order valence-electron chi connectivity index (χ2n) is 15.8. The van der Waals surface area contributed by atoms with Crippen molar-refractivity contribution in [1.82, 2.24) is 0 Å². The Morgan fingerprint density at radius 1 is 0.895 bits per heavy atom. The second-order valence-corrected chi connectivity index (χ2v) is 15.8. The smallest absolute Gasteiger partial charge is 0.312 e. The molecule has 4 saturated carbocycles. The molecule has 0 spiro atoms. The van der Waals surface area contributed by atoms with E-state index in [2.05, 4.69) is 54.5 Å². The van der Waals surface area contributed by atoms with Crippen molar-refractivity contribution >= 4 is 17.7 Å². The van der Waals surface area contributed by atoms with Crippen LogP contribution in [0, 0.1) is 50.2 Å². The van der Waals surface area contributed by atoms with Crippen molar-refractivity contribution in [2.24, 2.45) is 50.2 Å². The number of ether oxygens (including phenoxy) is 2. The van der Waals surface area contributed by atoms with E-state index in [0.717, 1.165) is 57.8 Å². The van der Waals surface area contributed by atoms with Crippen LogP contribution in [-0.2, 0) is 23.9 Å². The van der Waals surface area contributed by atoms with E-state index in [1.807, 2.05) is 0 Å². The summed E-state index contributed by atoms with van der Waals surface area (Å²) < 4.78 is 11.3. The van der Waals surface area contributed by atoms with E-state index in [-0.39, 0.29) is 62.7 Å². The summed E-state index contributed by atoms with van der Waals surface area (Å²) in [7, 11) is 1.51. The minimum absolute atomic E-state index is 0.0150. The summed E-state index contributed by atoms with van der Waals surface area (Å²) in [6.45, 7) is 17.8. The van der Waals surface area contributed by atoms with Gasteiger partial charge in [0.05, 0.1) is 12.5 Å². The average molecular weight is 527 g/mol. The third-order valence-electron chi connectivity index (χ3n) is 13.2. The molecule has 0 unspecified atom stereocenters. The molecule has 0 saturated heterocycles. The van der Waals surface area contributed by atoms with Gasteiger partial charge < -0.3 is 9.47 Å². The van der Waals surface area contributed by atoms with Crippen molar-refractivity contribution in [2.75, 3.05) is 7.11 Å². The lowest BCUT2D eigenvalue weighted by Gasteiger charge is -2.70. The molecule has 0 radical (unpaired) electrons. The molecule has 0 heterocycles. The fourth-order valence-corrected chi connectivity index (χ4v) is 11.0. The first-order chi connectivity index (χ1) is 17.5. The van der Waals surface area contributed by atoms with Gasteiger partial charge in [-0.3, -0.25) is 14.4 Å². The number of hydrogen-bond donors (Lipinski definition) is 0. The van der Waals surface area contributed by atoms with Crippen molar-refractivity contribution < 1.29 is 23.9 Å². The number of ketones is 1. The van der Waals surface area contributed by atoms with Gasteiger partial charge >= 0.3 is 11.9 Å². The lowest BCUT2D eigenvalue weighted by atomic mass is 9.34. The molecule has 8 atom stereocenters. The number of carbonyl (C=O) groups is 3. The summed E-state index contributed by atoms with van der Waals surface area (Å²) >= 11 is 0. The summed E-state index contributed by atoms with van der Waals surface area (Å²) in [4.78, 5) is 39.8. The maximum Gasteiger partial charge on any atom is 0.312 e. The SMILES string of the molecule is COC(=O)[C@]12CCC(C)(C)C[C@H]1[C@H]1C(=O)C=C3[C@]4(C)CC[C@H](OC(C)=O)C(C)(C)[C@@H]4CC[C@@]3(C)[C@@]1(C)CC2. The lowest BCUT2D eigenvalue weighted by Crippen LogP contribution is -2.66. The minimum Gasteiger partial charge on any atom is -0.469 e. The van der Waals surface area contributed by atoms with E-state index in [1.54, 1.807) is 0 Å². The molecule has 0 N–H and O–H groups in total. The van der Waals surface area contributed by atoms with Crippen LogP contribution < -0.4 is 0 Å². The molecule has 0 amide bonds. The van der Waals surface area contributed by atoms with Crippen molar-refractivity contribution in [2.45, 2.75) is 119 Å². The van der Waals surface area contributed by atoms with E-state index in [1.165, 1.54) is 19.6 Å². The van der Waals surface area contributed by atoms with Crippen molar-refractivity contribution in [3.8, 4) is 0 Å². The summed E-state index contributed by atoms with van der Waals surface area (Å²) in [5.41, 5.74) is 0.312. The highest BCUT2D eigenvalue weighted by Crippen LogP contribution is 2.75. The van der Waals surface area contributed by atoms with E-state index in [4.69, 9.17) is 9.47 Å². The molecule has 212 valence electrons. The highest BCUT2D eigenvalue weighted by Gasteiger charge is 2.71. The number of methoxy groups -OCH3 is 1. The van der Waals surface area contributed by atoms with Crippen LogP contribution >= 0.6 is 0 Å². The Bertz CT molecular complexity index is 1080. The zero-order chi connectivity index (χ0) is 28.1. The molecule has 38 heavy (non-hydrogen) atoms. The highest BCUT2D eigenvalue weighted by atomic mass is 16.5. The third kappa shape index (κ3) is 3.51. The number of esters is 2. The Labute approximate surface area is 229 Å². The first kappa shape index (κ1) is 27.9. The third-order valence-corrected chi connectivity index (χ3v) is 13.2. The predicted molar refractivity (Wildman–Crippen MR) is 147 cm³/mol. The van der Waals surface area contributed by atoms with Crippen LogP contribution in [0.25, 0.3) is 0 Å². The molecular weight excluding hydrogens is 476 g/mol. The molecule has 5 aliphatic rings. The Morgan fingerprint density at radius 3 is 2.18 bits per heavy atom. The van der Waals surface area contributed by atoms with E-state index in [0.29, 0.717) is 5.92 Å². The van der Waals surface area contributed by atoms with Crippen LogP contribution in [-0.4, -0.2) is 30.9 Å². The predicted octanol–water partition coefficient (Wildman–Crippen LogP) is 7.07. The average Bonchev–Trinajstić information content (AvgIpc) is 2.81. The summed E-state index contributed by atoms with van der Waals surface area (Å²) in [6.07, 6.45) is 10.2. The van der Waals surface area contributed by atoms with Gasteiger partial charge in [0.2, 0.25) is 0 Å². The molecule has 5 aliphatic carbocycles. The topological polar surface area (TPSA) is 69.7 Å². The minimum atomic E-state index is -0.545. The van der Waals surface area contributed by atoms with Crippen molar-refractivity contribution in [1.29, 1.82) is 0 Å². The molecular formula is C33H50O5. The van der Waals surface area contributed by atoms with Crippen LogP contribution in [0.4, 0.5) is 0 Å². The maximum absolute atomic E-state index is 14.4. The van der Waals surface area contributed by atoms with E-state index >= 15 is 0 Å². The van der Waals surface area contributed by atoms with Crippen LogP contribution in [0.1, 0.15) is 113 Å². The Balaban J connectivity index is 1.60. The first-order valence-corrected chi connectivity index (χ1v) is 15.0. The van der Waals surface area contributed by atoms with E-state index < -0.39 is 5.41 Å². The molecule has 0 aliphatic heterocycles. The van der Waals surface area contributed by atoms with Gasteiger partial charge in [-0.25, -0.2) is 0 Å². The molecule has 5 nitrogen and oxygen atoms in total.